The molecule has 3 rings (SSSR count). The van der Waals surface area contributed by atoms with Crippen LogP contribution in [0, 0.1) is 28.6 Å². The lowest BCUT2D eigenvalue weighted by molar-refractivity contribution is -0.169. The molecule has 0 heterocycles. The van der Waals surface area contributed by atoms with Gasteiger partial charge < -0.3 is 4.74 Å². The summed E-state index contributed by atoms with van der Waals surface area (Å²) in [5, 5.41) is 0. The van der Waals surface area contributed by atoms with Crippen LogP contribution in [0.4, 0.5) is 0 Å². The maximum Gasteiger partial charge on any atom is 0.303 e. The maximum absolute atomic E-state index is 12.2. The van der Waals surface area contributed by atoms with Crippen molar-refractivity contribution in [3.05, 3.63) is 11.6 Å². The smallest absolute Gasteiger partial charge is 0.303 e. The van der Waals surface area contributed by atoms with Crippen LogP contribution in [0.15, 0.2) is 11.6 Å². The van der Waals surface area contributed by atoms with E-state index in [0.29, 0.717) is 17.8 Å². The molecule has 0 radical (unpaired) electrons. The van der Waals surface area contributed by atoms with E-state index in [0.717, 1.165) is 44.1 Å². The van der Waals surface area contributed by atoms with Gasteiger partial charge in [0, 0.05) is 12.3 Å². The SMILES string of the molecule is CCCC1(C)C2CCC3(C)C(C(C)=O)=CCC3C2CC1(C)OC(C)=O. The predicted molar refractivity (Wildman–Crippen MR) is 99.0 cm³/mol. The van der Waals surface area contributed by atoms with E-state index in [-0.39, 0.29) is 22.6 Å². The minimum absolute atomic E-state index is 0.0155. The summed E-state index contributed by atoms with van der Waals surface area (Å²) in [6.45, 7) is 12.3. The molecule has 3 heteroatoms. The van der Waals surface area contributed by atoms with E-state index in [1.165, 1.54) is 6.92 Å². The average molecular weight is 347 g/mol. The van der Waals surface area contributed by atoms with Crippen LogP contribution in [0.25, 0.3) is 0 Å². The number of hydrogen-bond acceptors (Lipinski definition) is 3. The topological polar surface area (TPSA) is 43.4 Å². The lowest BCUT2D eigenvalue weighted by atomic mass is 9.55. The molecule has 2 saturated carbocycles. The molecule has 3 aliphatic carbocycles. The molecule has 6 atom stereocenters. The number of hydrogen-bond donors (Lipinski definition) is 0. The minimum Gasteiger partial charge on any atom is -0.459 e. The lowest BCUT2D eigenvalue weighted by Crippen LogP contribution is -2.47. The van der Waals surface area contributed by atoms with Gasteiger partial charge in [0.15, 0.2) is 5.78 Å². The molecule has 0 aliphatic heterocycles. The summed E-state index contributed by atoms with van der Waals surface area (Å²) in [5.74, 6) is 1.70. The maximum atomic E-state index is 12.2. The van der Waals surface area contributed by atoms with Crippen LogP contribution in [0.2, 0.25) is 0 Å². The second-order valence-electron chi connectivity index (χ2n) is 9.44. The number of esters is 1. The Morgan fingerprint density at radius 2 is 1.88 bits per heavy atom. The van der Waals surface area contributed by atoms with Gasteiger partial charge in [-0.15, -0.1) is 0 Å². The summed E-state index contributed by atoms with van der Waals surface area (Å²) >= 11 is 0. The van der Waals surface area contributed by atoms with Gasteiger partial charge in [0.2, 0.25) is 0 Å². The zero-order chi connectivity index (χ0) is 18.6. The Kier molecular flexibility index (Phi) is 4.45. The quantitative estimate of drug-likeness (QED) is 0.666. The molecule has 0 bridgehead atoms. The Bertz CT molecular complexity index is 621. The number of ketones is 1. The van der Waals surface area contributed by atoms with E-state index in [1.54, 1.807) is 6.92 Å². The van der Waals surface area contributed by atoms with Gasteiger partial charge in [-0.05, 0) is 74.7 Å². The first-order valence-electron chi connectivity index (χ1n) is 10.00. The Labute approximate surface area is 152 Å². The Hall–Kier alpha value is -1.12. The van der Waals surface area contributed by atoms with Crippen LogP contribution in [-0.2, 0) is 14.3 Å². The number of carbonyl (C=O) groups excluding carboxylic acids is 2. The van der Waals surface area contributed by atoms with Crippen LogP contribution < -0.4 is 0 Å². The van der Waals surface area contributed by atoms with Crippen molar-refractivity contribution >= 4 is 11.8 Å². The van der Waals surface area contributed by atoms with E-state index in [4.69, 9.17) is 4.74 Å². The van der Waals surface area contributed by atoms with Crippen LogP contribution in [0.3, 0.4) is 0 Å². The average Bonchev–Trinajstić information content (AvgIpc) is 2.93. The molecule has 25 heavy (non-hydrogen) atoms. The highest BCUT2D eigenvalue weighted by molar-refractivity contribution is 5.95. The molecule has 0 aromatic rings. The van der Waals surface area contributed by atoms with Crippen molar-refractivity contribution in [1.29, 1.82) is 0 Å². The number of carbonyl (C=O) groups is 2. The van der Waals surface area contributed by atoms with Gasteiger partial charge in [-0.25, -0.2) is 0 Å². The third-order valence-corrected chi connectivity index (χ3v) is 8.19. The number of rotatable bonds is 4. The van der Waals surface area contributed by atoms with Crippen molar-refractivity contribution in [1.82, 2.24) is 0 Å². The van der Waals surface area contributed by atoms with Gasteiger partial charge in [-0.1, -0.05) is 33.3 Å². The fourth-order valence-electron chi connectivity index (χ4n) is 7.00. The number of fused-ring (bicyclic) bond motifs is 3. The fourth-order valence-corrected chi connectivity index (χ4v) is 7.00. The van der Waals surface area contributed by atoms with Gasteiger partial charge >= 0.3 is 5.97 Å². The van der Waals surface area contributed by atoms with Crippen LogP contribution >= 0.6 is 0 Å². The molecule has 3 aliphatic rings. The highest BCUT2D eigenvalue weighted by atomic mass is 16.6. The molecule has 0 N–H and O–H groups in total. The van der Waals surface area contributed by atoms with E-state index >= 15 is 0 Å². The van der Waals surface area contributed by atoms with E-state index < -0.39 is 5.60 Å². The third-order valence-electron chi connectivity index (χ3n) is 8.19. The highest BCUT2D eigenvalue weighted by Gasteiger charge is 2.66. The molecule has 0 saturated heterocycles. The normalized spacial score (nSPS) is 45.5. The molecule has 3 nitrogen and oxygen atoms in total. The highest BCUT2D eigenvalue weighted by Crippen LogP contribution is 2.68. The van der Waals surface area contributed by atoms with Gasteiger partial charge in [0.1, 0.15) is 5.60 Å². The molecule has 2 fully saturated rings. The molecule has 0 amide bonds. The Morgan fingerprint density at radius 1 is 1.20 bits per heavy atom. The van der Waals surface area contributed by atoms with E-state index in [9.17, 15) is 9.59 Å². The first-order chi connectivity index (χ1) is 11.6. The van der Waals surface area contributed by atoms with Crippen molar-refractivity contribution in [3.63, 3.8) is 0 Å². The molecule has 6 unspecified atom stereocenters. The predicted octanol–water partition coefficient (Wildman–Crippen LogP) is 5.09. The van der Waals surface area contributed by atoms with Crippen LogP contribution in [-0.4, -0.2) is 17.4 Å². The number of Topliss-reactive ketones (excluding diaryl/α,β-unsaturated/α-hetero) is 1. The van der Waals surface area contributed by atoms with E-state index in [1.807, 2.05) is 0 Å². The summed E-state index contributed by atoms with van der Waals surface area (Å²) in [7, 11) is 0. The molecule has 0 aromatic heterocycles. The minimum atomic E-state index is -0.394. The summed E-state index contributed by atoms with van der Waals surface area (Å²) in [6.07, 6.45) is 8.56. The van der Waals surface area contributed by atoms with Crippen molar-refractivity contribution in [2.24, 2.45) is 28.6 Å². The summed E-state index contributed by atoms with van der Waals surface area (Å²) < 4.78 is 5.99. The molecule has 0 spiro atoms. The molecule has 0 aromatic carbocycles. The van der Waals surface area contributed by atoms with Crippen LogP contribution in [0.1, 0.15) is 80.1 Å². The van der Waals surface area contributed by atoms with E-state index in [2.05, 4.69) is 33.8 Å². The van der Waals surface area contributed by atoms with Gasteiger partial charge in [-0.3, -0.25) is 9.59 Å². The van der Waals surface area contributed by atoms with Crippen molar-refractivity contribution in [2.75, 3.05) is 0 Å². The summed E-state index contributed by atoms with van der Waals surface area (Å²) in [4.78, 5) is 24.0. The second kappa shape index (κ2) is 5.96. The lowest BCUT2D eigenvalue weighted by Gasteiger charge is -2.49. The second-order valence-corrected chi connectivity index (χ2v) is 9.44. The number of allylic oxidation sites excluding steroid dienone is 2. The standard InChI is InChI=1S/C22H34O3/c1-7-11-21(5)19-10-12-20(4)17(14(2)23)8-9-18(20)16(19)13-22(21,6)25-15(3)24/h8,16,18-19H,7,9-13H2,1-6H3. The largest absolute Gasteiger partial charge is 0.459 e. The summed E-state index contributed by atoms with van der Waals surface area (Å²) in [5.41, 5.74) is 0.697. The van der Waals surface area contributed by atoms with Gasteiger partial charge in [0.25, 0.3) is 0 Å². The zero-order valence-electron chi connectivity index (χ0n) is 16.8. The molecular weight excluding hydrogens is 312 g/mol. The third kappa shape index (κ3) is 2.52. The Morgan fingerprint density at radius 3 is 2.44 bits per heavy atom. The number of ether oxygens (including phenoxy) is 1. The molecular formula is C22H34O3. The van der Waals surface area contributed by atoms with Gasteiger partial charge in [-0.2, -0.15) is 0 Å². The fraction of sp³-hybridized carbons (Fsp3) is 0.818. The first-order valence-corrected chi connectivity index (χ1v) is 10.00. The Balaban J connectivity index is 1.98. The van der Waals surface area contributed by atoms with Gasteiger partial charge in [0.05, 0.1) is 0 Å². The molecule has 140 valence electrons. The van der Waals surface area contributed by atoms with Crippen molar-refractivity contribution in [2.45, 2.75) is 85.7 Å². The monoisotopic (exact) mass is 346 g/mol. The summed E-state index contributed by atoms with van der Waals surface area (Å²) in [6, 6.07) is 0. The van der Waals surface area contributed by atoms with Crippen molar-refractivity contribution in [3.8, 4) is 0 Å². The van der Waals surface area contributed by atoms with Crippen molar-refractivity contribution < 1.29 is 14.3 Å². The zero-order valence-corrected chi connectivity index (χ0v) is 16.8. The first kappa shape index (κ1) is 18.7. The van der Waals surface area contributed by atoms with Crippen LogP contribution in [0.5, 0.6) is 0 Å².